The van der Waals surface area contributed by atoms with Crippen molar-refractivity contribution in [2.24, 2.45) is 0 Å². The Hall–Kier alpha value is -7.21. The lowest BCUT2D eigenvalue weighted by Crippen LogP contribution is -2.32. The molecular formula is C53H33N3OS. The molecule has 272 valence electrons. The average Bonchev–Trinajstić information content (AvgIpc) is 3.59. The van der Waals surface area contributed by atoms with Gasteiger partial charge in [-0.25, -0.2) is 9.97 Å². The second kappa shape index (κ2) is 12.9. The van der Waals surface area contributed by atoms with E-state index < -0.39 is 5.41 Å². The molecule has 0 bridgehead atoms. The molecule has 4 nitrogen and oxygen atoms in total. The van der Waals surface area contributed by atoms with Gasteiger partial charge in [-0.1, -0.05) is 151 Å². The van der Waals surface area contributed by atoms with Crippen molar-refractivity contribution < 1.29 is 4.74 Å². The minimum Gasteiger partial charge on any atom is -0.453 e. The van der Waals surface area contributed by atoms with Crippen LogP contribution in [0.1, 0.15) is 22.3 Å². The van der Waals surface area contributed by atoms with Crippen LogP contribution >= 0.6 is 11.8 Å². The molecule has 1 aromatic heterocycles. The third kappa shape index (κ3) is 4.90. The van der Waals surface area contributed by atoms with Crippen LogP contribution in [0.4, 0.5) is 17.1 Å². The molecule has 12 rings (SSSR count). The maximum atomic E-state index is 6.29. The minimum atomic E-state index is -0.467. The van der Waals surface area contributed by atoms with E-state index in [1.165, 1.54) is 43.2 Å². The molecule has 9 aromatic rings. The summed E-state index contributed by atoms with van der Waals surface area (Å²) in [7, 11) is 0. The fourth-order valence-electron chi connectivity index (χ4n) is 9.24. The number of ether oxygens (including phenoxy) is 1. The number of rotatable bonds is 4. The van der Waals surface area contributed by atoms with E-state index in [0.29, 0.717) is 5.82 Å². The number of anilines is 3. The van der Waals surface area contributed by atoms with Crippen LogP contribution in [-0.2, 0) is 5.41 Å². The molecule has 2 aliphatic heterocycles. The molecule has 0 atom stereocenters. The Labute approximate surface area is 341 Å². The molecule has 0 amide bonds. The van der Waals surface area contributed by atoms with Gasteiger partial charge in [0, 0.05) is 32.2 Å². The van der Waals surface area contributed by atoms with Crippen molar-refractivity contribution in [3.63, 3.8) is 0 Å². The fourth-order valence-corrected chi connectivity index (χ4v) is 10.4. The van der Waals surface area contributed by atoms with Crippen molar-refractivity contribution in [3.05, 3.63) is 222 Å². The summed E-state index contributed by atoms with van der Waals surface area (Å²) >= 11 is 1.86. The summed E-state index contributed by atoms with van der Waals surface area (Å²) in [4.78, 5) is 15.3. The van der Waals surface area contributed by atoms with E-state index in [9.17, 15) is 0 Å². The second-order valence-electron chi connectivity index (χ2n) is 14.9. The predicted octanol–water partition coefficient (Wildman–Crippen LogP) is 13.9. The van der Waals surface area contributed by atoms with Crippen LogP contribution in [0, 0.1) is 0 Å². The zero-order valence-electron chi connectivity index (χ0n) is 31.2. The SMILES string of the molecule is c1ccc(-c2nc(-c3ccc(N4c5ccccc5Oc5ccccc54)cc3)cc(-c3ccc4c(c3)C3(c5ccccc5S4)c4ccccc4-c4ccccc43)n2)cc1. The molecule has 0 saturated carbocycles. The molecule has 8 aromatic carbocycles. The van der Waals surface area contributed by atoms with Gasteiger partial charge in [-0.3, -0.25) is 0 Å². The van der Waals surface area contributed by atoms with E-state index in [1.54, 1.807) is 0 Å². The summed E-state index contributed by atoms with van der Waals surface area (Å²) in [6.45, 7) is 0. The maximum absolute atomic E-state index is 6.29. The summed E-state index contributed by atoms with van der Waals surface area (Å²) < 4.78 is 6.29. The molecule has 0 N–H and O–H groups in total. The third-order valence-corrected chi connectivity index (χ3v) is 12.9. The van der Waals surface area contributed by atoms with E-state index in [0.717, 1.165) is 56.6 Å². The monoisotopic (exact) mass is 759 g/mol. The lowest BCUT2D eigenvalue weighted by atomic mass is 9.67. The first-order chi connectivity index (χ1) is 28.7. The van der Waals surface area contributed by atoms with E-state index in [-0.39, 0.29) is 0 Å². The molecule has 3 aliphatic rings. The van der Waals surface area contributed by atoms with E-state index in [2.05, 4.69) is 163 Å². The lowest BCUT2D eigenvalue weighted by molar-refractivity contribution is 0.477. The first-order valence-electron chi connectivity index (χ1n) is 19.6. The van der Waals surface area contributed by atoms with Crippen molar-refractivity contribution in [1.82, 2.24) is 9.97 Å². The van der Waals surface area contributed by atoms with Gasteiger partial charge in [0.2, 0.25) is 0 Å². The third-order valence-electron chi connectivity index (χ3n) is 11.8. The zero-order chi connectivity index (χ0) is 38.2. The van der Waals surface area contributed by atoms with Gasteiger partial charge in [0.05, 0.1) is 28.2 Å². The number of para-hydroxylation sites is 4. The van der Waals surface area contributed by atoms with Gasteiger partial charge in [0.1, 0.15) is 0 Å². The predicted molar refractivity (Wildman–Crippen MR) is 235 cm³/mol. The van der Waals surface area contributed by atoms with Crippen LogP contribution in [0.3, 0.4) is 0 Å². The standard InChI is InChI=1S/C53H33N3OS/c1-2-14-35(15-3-1)52-54-44(34-26-29-37(30-27-34)56-46-21-9-11-23-48(46)57-49-24-12-10-22-47(49)56)33-45(55-52)36-28-31-51-43(32-36)53(42-20-8-13-25-50(42)58-51)40-18-6-4-16-38(40)39-17-5-7-19-41(39)53/h1-33H. The molecule has 0 radical (unpaired) electrons. The molecule has 3 heterocycles. The number of hydrogen-bond donors (Lipinski definition) is 0. The summed E-state index contributed by atoms with van der Waals surface area (Å²) in [5.41, 5.74) is 15.2. The summed E-state index contributed by atoms with van der Waals surface area (Å²) in [6, 6.07) is 71.2. The molecule has 0 saturated heterocycles. The molecule has 1 spiro atoms. The Morgan fingerprint density at radius 3 is 1.64 bits per heavy atom. The molecule has 0 fully saturated rings. The highest BCUT2D eigenvalue weighted by atomic mass is 32.2. The molecular weight excluding hydrogens is 727 g/mol. The Balaban J connectivity index is 1.02. The van der Waals surface area contributed by atoms with E-state index in [1.807, 2.05) is 54.2 Å². The van der Waals surface area contributed by atoms with E-state index in [4.69, 9.17) is 14.7 Å². The maximum Gasteiger partial charge on any atom is 0.160 e. The molecule has 58 heavy (non-hydrogen) atoms. The Bertz CT molecular complexity index is 3000. The summed E-state index contributed by atoms with van der Waals surface area (Å²) in [6.07, 6.45) is 0. The molecule has 1 aliphatic carbocycles. The topological polar surface area (TPSA) is 38.2 Å². The molecule has 5 heteroatoms. The van der Waals surface area contributed by atoms with Crippen molar-refractivity contribution in [3.8, 4) is 56.5 Å². The first kappa shape index (κ1) is 33.0. The number of hydrogen-bond acceptors (Lipinski definition) is 5. The lowest BCUT2D eigenvalue weighted by Gasteiger charge is -2.39. The highest BCUT2D eigenvalue weighted by Crippen LogP contribution is 2.62. The van der Waals surface area contributed by atoms with Gasteiger partial charge in [0.15, 0.2) is 17.3 Å². The van der Waals surface area contributed by atoms with Gasteiger partial charge in [-0.2, -0.15) is 0 Å². The normalized spacial score (nSPS) is 13.7. The van der Waals surface area contributed by atoms with Crippen LogP contribution < -0.4 is 9.64 Å². The van der Waals surface area contributed by atoms with Gasteiger partial charge in [-0.15, -0.1) is 0 Å². The summed E-state index contributed by atoms with van der Waals surface area (Å²) in [5, 5.41) is 0. The van der Waals surface area contributed by atoms with Crippen molar-refractivity contribution in [2.75, 3.05) is 4.90 Å². The van der Waals surface area contributed by atoms with Crippen LogP contribution in [0.15, 0.2) is 210 Å². The minimum absolute atomic E-state index is 0.467. The Morgan fingerprint density at radius 2 is 0.948 bits per heavy atom. The highest BCUT2D eigenvalue weighted by molar-refractivity contribution is 7.99. The van der Waals surface area contributed by atoms with Crippen LogP contribution in [0.2, 0.25) is 0 Å². The van der Waals surface area contributed by atoms with Crippen molar-refractivity contribution in [2.45, 2.75) is 15.2 Å². The van der Waals surface area contributed by atoms with E-state index >= 15 is 0 Å². The van der Waals surface area contributed by atoms with Crippen molar-refractivity contribution >= 4 is 28.8 Å². The number of fused-ring (bicyclic) bond motifs is 11. The fraction of sp³-hybridized carbons (Fsp3) is 0.0189. The number of nitrogens with zero attached hydrogens (tertiary/aromatic N) is 3. The van der Waals surface area contributed by atoms with Gasteiger partial charge >= 0.3 is 0 Å². The number of aromatic nitrogens is 2. The Kier molecular flexibility index (Phi) is 7.34. The van der Waals surface area contributed by atoms with Crippen molar-refractivity contribution in [1.29, 1.82) is 0 Å². The smallest absolute Gasteiger partial charge is 0.160 e. The zero-order valence-corrected chi connectivity index (χ0v) is 32.0. The quantitative estimate of drug-likeness (QED) is 0.179. The number of benzene rings is 8. The average molecular weight is 760 g/mol. The highest BCUT2D eigenvalue weighted by Gasteiger charge is 2.50. The second-order valence-corrected chi connectivity index (χ2v) is 16.0. The molecule has 0 unspecified atom stereocenters. The first-order valence-corrected chi connectivity index (χ1v) is 20.4. The Morgan fingerprint density at radius 1 is 0.414 bits per heavy atom. The van der Waals surface area contributed by atoms with Gasteiger partial charge in [-0.05, 0) is 94.0 Å². The van der Waals surface area contributed by atoms with Crippen LogP contribution in [-0.4, -0.2) is 9.97 Å². The van der Waals surface area contributed by atoms with Crippen LogP contribution in [0.25, 0.3) is 45.0 Å². The van der Waals surface area contributed by atoms with Crippen LogP contribution in [0.5, 0.6) is 11.5 Å². The van der Waals surface area contributed by atoms with Gasteiger partial charge < -0.3 is 9.64 Å². The largest absolute Gasteiger partial charge is 0.453 e. The summed E-state index contributed by atoms with van der Waals surface area (Å²) in [5.74, 6) is 2.35. The van der Waals surface area contributed by atoms with Gasteiger partial charge in [0.25, 0.3) is 0 Å².